The molecule has 9 nitrogen and oxygen atoms in total. The molecule has 0 saturated carbocycles. The molecule has 2 N–H and O–H groups in total. The minimum atomic E-state index is 0.609. The van der Waals surface area contributed by atoms with Crippen LogP contribution in [0.5, 0.6) is 5.75 Å². The second-order valence-corrected chi connectivity index (χ2v) is 9.97. The first-order chi connectivity index (χ1) is 18.0. The summed E-state index contributed by atoms with van der Waals surface area (Å²) in [6.07, 6.45) is 5.42. The van der Waals surface area contributed by atoms with Gasteiger partial charge in [-0.2, -0.15) is 5.10 Å². The zero-order chi connectivity index (χ0) is 25.4. The molecule has 1 aliphatic rings. The normalized spacial score (nSPS) is 14.8. The number of piperazine rings is 1. The fourth-order valence-corrected chi connectivity index (χ4v) is 4.86. The predicted octanol–water partition coefficient (Wildman–Crippen LogP) is 3.86. The summed E-state index contributed by atoms with van der Waals surface area (Å²) in [6.45, 7) is 5.66. The molecule has 0 unspecified atom stereocenters. The van der Waals surface area contributed by atoms with Gasteiger partial charge < -0.3 is 24.4 Å². The molecule has 0 amide bonds. The number of fused-ring (bicyclic) bond motifs is 2. The average molecular weight is 497 g/mol. The van der Waals surface area contributed by atoms with Crippen molar-refractivity contribution in [3.8, 4) is 28.3 Å². The highest BCUT2D eigenvalue weighted by Crippen LogP contribution is 2.34. The summed E-state index contributed by atoms with van der Waals surface area (Å²) in [6, 6.07) is 12.8. The Balaban J connectivity index is 1.33. The number of hydrogen-bond acceptors (Lipinski definition) is 7. The average Bonchev–Trinajstić information content (AvgIpc) is 3.53. The van der Waals surface area contributed by atoms with Crippen LogP contribution in [-0.2, 0) is 0 Å². The maximum absolute atomic E-state index is 5.89. The van der Waals surface area contributed by atoms with Crippen LogP contribution in [0.1, 0.15) is 0 Å². The molecule has 1 aromatic carbocycles. The van der Waals surface area contributed by atoms with E-state index in [1.54, 1.807) is 6.20 Å². The number of nitrogens with one attached hydrogen (secondary N) is 2. The van der Waals surface area contributed by atoms with Crippen molar-refractivity contribution in [3.05, 3.63) is 55.0 Å². The number of rotatable bonds is 7. The van der Waals surface area contributed by atoms with Crippen LogP contribution in [0.25, 0.3) is 44.5 Å². The number of aromatic amines is 2. The van der Waals surface area contributed by atoms with Crippen LogP contribution in [0, 0.1) is 0 Å². The van der Waals surface area contributed by atoms with Crippen molar-refractivity contribution in [3.63, 3.8) is 0 Å². The Morgan fingerprint density at radius 3 is 2.65 bits per heavy atom. The van der Waals surface area contributed by atoms with E-state index in [1.165, 1.54) is 11.1 Å². The summed E-state index contributed by atoms with van der Waals surface area (Å²) in [5.41, 5.74) is 6.92. The van der Waals surface area contributed by atoms with E-state index in [9.17, 15) is 0 Å². The molecule has 0 radical (unpaired) electrons. The number of pyridine rings is 2. The van der Waals surface area contributed by atoms with Crippen molar-refractivity contribution in [2.75, 3.05) is 65.4 Å². The van der Waals surface area contributed by atoms with Crippen molar-refractivity contribution >= 4 is 27.6 Å². The van der Waals surface area contributed by atoms with Gasteiger partial charge in [0.1, 0.15) is 12.4 Å². The molecule has 4 aromatic heterocycles. The maximum Gasteiger partial charge on any atom is 0.181 e. The number of anilines is 1. The largest absolute Gasteiger partial charge is 0.491 e. The highest BCUT2D eigenvalue weighted by molar-refractivity contribution is 6.00. The molecule has 9 heteroatoms. The predicted molar refractivity (Wildman–Crippen MR) is 148 cm³/mol. The monoisotopic (exact) mass is 496 g/mol. The molecular weight excluding hydrogens is 464 g/mol. The van der Waals surface area contributed by atoms with Gasteiger partial charge >= 0.3 is 0 Å². The quantitative estimate of drug-likeness (QED) is 0.354. The van der Waals surface area contributed by atoms with Gasteiger partial charge in [0.2, 0.25) is 0 Å². The van der Waals surface area contributed by atoms with Gasteiger partial charge in [-0.25, -0.2) is 4.98 Å². The topological polar surface area (TPSA) is 89.2 Å². The molecule has 0 bridgehead atoms. The Morgan fingerprint density at radius 2 is 1.81 bits per heavy atom. The van der Waals surface area contributed by atoms with Gasteiger partial charge in [0.15, 0.2) is 5.65 Å². The Morgan fingerprint density at radius 1 is 0.973 bits per heavy atom. The molecule has 1 saturated heterocycles. The van der Waals surface area contributed by atoms with Crippen LogP contribution < -0.4 is 9.64 Å². The summed E-state index contributed by atoms with van der Waals surface area (Å²) in [5.74, 6) is 0.749. The Labute approximate surface area is 216 Å². The zero-order valence-corrected chi connectivity index (χ0v) is 21.5. The molecule has 0 atom stereocenters. The van der Waals surface area contributed by atoms with E-state index in [0.717, 1.165) is 71.9 Å². The smallest absolute Gasteiger partial charge is 0.181 e. The van der Waals surface area contributed by atoms with E-state index in [1.807, 2.05) is 32.6 Å². The van der Waals surface area contributed by atoms with Crippen LogP contribution in [-0.4, -0.2) is 95.4 Å². The van der Waals surface area contributed by atoms with Crippen LogP contribution in [0.2, 0.25) is 0 Å². The fourth-order valence-electron chi connectivity index (χ4n) is 4.86. The lowest BCUT2D eigenvalue weighted by molar-refractivity contribution is 0.261. The van der Waals surface area contributed by atoms with Crippen LogP contribution in [0.4, 0.5) is 5.69 Å². The minimum Gasteiger partial charge on any atom is -0.491 e. The number of likely N-dealkylation sites (N-methyl/N-ethyl adjacent to an activating group) is 2. The van der Waals surface area contributed by atoms with Gasteiger partial charge in [0.05, 0.1) is 17.6 Å². The summed E-state index contributed by atoms with van der Waals surface area (Å²) in [7, 11) is 6.24. The van der Waals surface area contributed by atoms with Crippen LogP contribution in [0.15, 0.2) is 55.0 Å². The summed E-state index contributed by atoms with van der Waals surface area (Å²) < 4.78 is 5.89. The van der Waals surface area contributed by atoms with E-state index >= 15 is 0 Å². The van der Waals surface area contributed by atoms with Gasteiger partial charge in [0.25, 0.3) is 0 Å². The SMILES string of the molecule is CN(C)CCOc1cncc(-c2cnc3n[nH]c(-c4cc5c(N6CCN(C)CC6)cccc5[nH]4)c3c2)c1. The zero-order valence-electron chi connectivity index (χ0n) is 21.5. The van der Waals surface area contributed by atoms with E-state index < -0.39 is 0 Å². The van der Waals surface area contributed by atoms with Crippen molar-refractivity contribution in [1.29, 1.82) is 0 Å². The summed E-state index contributed by atoms with van der Waals surface area (Å²) in [4.78, 5) is 19.6. The van der Waals surface area contributed by atoms with Gasteiger partial charge in [0, 0.05) is 78.2 Å². The number of hydrogen-bond donors (Lipinski definition) is 2. The molecular formula is C28H32N8O. The summed E-state index contributed by atoms with van der Waals surface area (Å²) in [5, 5.41) is 9.88. The van der Waals surface area contributed by atoms with Crippen LogP contribution >= 0.6 is 0 Å². The first-order valence-corrected chi connectivity index (χ1v) is 12.7. The molecule has 5 aromatic rings. The van der Waals surface area contributed by atoms with Crippen molar-refractivity contribution < 1.29 is 4.74 Å². The fraction of sp³-hybridized carbons (Fsp3) is 0.321. The third-order valence-corrected chi connectivity index (χ3v) is 7.02. The Bertz CT molecular complexity index is 1530. The third kappa shape index (κ3) is 4.75. The minimum absolute atomic E-state index is 0.609. The molecule has 37 heavy (non-hydrogen) atoms. The Kier molecular flexibility index (Phi) is 6.23. The molecule has 0 spiro atoms. The van der Waals surface area contributed by atoms with Gasteiger partial charge in [-0.15, -0.1) is 0 Å². The summed E-state index contributed by atoms with van der Waals surface area (Å²) >= 11 is 0. The molecule has 0 aliphatic carbocycles. The van der Waals surface area contributed by atoms with Crippen molar-refractivity contribution in [1.82, 2.24) is 34.9 Å². The van der Waals surface area contributed by atoms with Crippen molar-refractivity contribution in [2.24, 2.45) is 0 Å². The highest BCUT2D eigenvalue weighted by atomic mass is 16.5. The number of aromatic nitrogens is 5. The number of nitrogens with zero attached hydrogens (tertiary/aromatic N) is 6. The second kappa shape index (κ2) is 9.84. The standard InChI is InChI=1S/C28H32N8O/c1-34(2)11-12-37-21-13-19(16-29-18-21)20-14-23-27(32-33-28(23)30-17-20)25-15-22-24(31-25)5-4-6-26(22)36-9-7-35(3)8-10-36/h4-6,13-18,31H,7-12H2,1-3H3,(H,30,32,33). The molecule has 1 aliphatic heterocycles. The van der Waals surface area contributed by atoms with Crippen LogP contribution in [0.3, 0.4) is 0 Å². The van der Waals surface area contributed by atoms with Gasteiger partial charge in [-0.1, -0.05) is 6.07 Å². The third-order valence-electron chi connectivity index (χ3n) is 7.02. The van der Waals surface area contributed by atoms with Gasteiger partial charge in [-0.3, -0.25) is 10.1 Å². The maximum atomic E-state index is 5.89. The van der Waals surface area contributed by atoms with Gasteiger partial charge in [-0.05, 0) is 51.5 Å². The van der Waals surface area contributed by atoms with E-state index in [0.29, 0.717) is 12.3 Å². The molecule has 190 valence electrons. The second-order valence-electron chi connectivity index (χ2n) is 9.97. The molecule has 1 fully saturated rings. The number of benzene rings is 1. The molecule has 6 rings (SSSR count). The lowest BCUT2D eigenvalue weighted by Gasteiger charge is -2.34. The van der Waals surface area contributed by atoms with E-state index in [4.69, 9.17) is 4.74 Å². The highest BCUT2D eigenvalue weighted by Gasteiger charge is 2.19. The first kappa shape index (κ1) is 23.4. The van der Waals surface area contributed by atoms with Crippen molar-refractivity contribution in [2.45, 2.75) is 0 Å². The van der Waals surface area contributed by atoms with E-state index in [-0.39, 0.29) is 0 Å². The molecule has 5 heterocycles. The lowest BCUT2D eigenvalue weighted by atomic mass is 10.1. The number of ether oxygens (including phenoxy) is 1. The lowest BCUT2D eigenvalue weighted by Crippen LogP contribution is -2.44. The van der Waals surface area contributed by atoms with E-state index in [2.05, 4.69) is 77.2 Å². The number of H-pyrrole nitrogens is 2. The Hall–Kier alpha value is -3.95. The first-order valence-electron chi connectivity index (χ1n) is 12.7.